The molecular weight excluding hydrogens is 190 g/mol. The van der Waals surface area contributed by atoms with Crippen LogP contribution in [0.5, 0.6) is 0 Å². The summed E-state index contributed by atoms with van der Waals surface area (Å²) in [4.78, 5) is 14.9. The number of H-pyrrole nitrogens is 1. The topological polar surface area (TPSA) is 78.9 Å². The normalized spacial score (nSPS) is 10.2. The molecule has 0 unspecified atom stereocenters. The SMILES string of the molecule is O=C(O)c1ncsc1-c1[c][c][nH]n1. The van der Waals surface area contributed by atoms with E-state index in [0.717, 1.165) is 0 Å². The van der Waals surface area contributed by atoms with Gasteiger partial charge in [0.1, 0.15) is 5.69 Å². The van der Waals surface area contributed by atoms with Gasteiger partial charge in [-0.05, 0) is 0 Å². The number of carboxylic acids is 1. The van der Waals surface area contributed by atoms with Crippen LogP contribution in [0.3, 0.4) is 0 Å². The van der Waals surface area contributed by atoms with E-state index in [-0.39, 0.29) is 5.69 Å². The zero-order valence-electron chi connectivity index (χ0n) is 6.24. The third-order valence-electron chi connectivity index (χ3n) is 1.39. The minimum Gasteiger partial charge on any atom is -0.476 e. The maximum Gasteiger partial charge on any atom is 0.356 e. The highest BCUT2D eigenvalue weighted by atomic mass is 32.1. The number of nitrogens with one attached hydrogen (secondary N) is 1. The molecule has 2 rings (SSSR count). The van der Waals surface area contributed by atoms with Crippen molar-refractivity contribution < 1.29 is 9.90 Å². The number of hydrogen-bond acceptors (Lipinski definition) is 4. The van der Waals surface area contributed by atoms with Crippen LogP contribution in [0.2, 0.25) is 0 Å². The second kappa shape index (κ2) is 2.98. The second-order valence-corrected chi connectivity index (χ2v) is 3.01. The molecule has 2 radical (unpaired) electrons. The van der Waals surface area contributed by atoms with Gasteiger partial charge in [0.15, 0.2) is 5.69 Å². The molecule has 2 heterocycles. The third kappa shape index (κ3) is 1.31. The van der Waals surface area contributed by atoms with Gasteiger partial charge in [-0.25, -0.2) is 9.78 Å². The first-order valence-electron chi connectivity index (χ1n) is 3.30. The van der Waals surface area contributed by atoms with Crippen molar-refractivity contribution in [2.45, 2.75) is 0 Å². The maximum absolute atomic E-state index is 10.7. The van der Waals surface area contributed by atoms with E-state index in [9.17, 15) is 4.79 Å². The van der Waals surface area contributed by atoms with Gasteiger partial charge in [-0.2, -0.15) is 5.10 Å². The van der Waals surface area contributed by atoms with Crippen LogP contribution in [-0.4, -0.2) is 26.3 Å². The summed E-state index contributed by atoms with van der Waals surface area (Å²) in [5, 5.41) is 14.9. The van der Waals surface area contributed by atoms with Gasteiger partial charge in [0, 0.05) is 6.07 Å². The highest BCUT2D eigenvalue weighted by Gasteiger charge is 2.16. The van der Waals surface area contributed by atoms with Crippen molar-refractivity contribution in [2.75, 3.05) is 0 Å². The van der Waals surface area contributed by atoms with Gasteiger partial charge in [-0.15, -0.1) is 11.3 Å². The van der Waals surface area contributed by atoms with Crippen molar-refractivity contribution in [3.8, 4) is 10.6 Å². The van der Waals surface area contributed by atoms with Crippen LogP contribution in [0.1, 0.15) is 10.5 Å². The Bertz CT molecular complexity index is 421. The molecule has 0 aromatic carbocycles. The smallest absolute Gasteiger partial charge is 0.356 e. The van der Waals surface area contributed by atoms with Crippen molar-refractivity contribution in [1.29, 1.82) is 0 Å². The van der Waals surface area contributed by atoms with Crippen molar-refractivity contribution in [2.24, 2.45) is 0 Å². The molecule has 0 saturated heterocycles. The summed E-state index contributed by atoms with van der Waals surface area (Å²) in [6.07, 6.45) is 2.51. The molecule has 5 nitrogen and oxygen atoms in total. The van der Waals surface area contributed by atoms with Gasteiger partial charge in [0.05, 0.1) is 16.6 Å². The van der Waals surface area contributed by atoms with Crippen LogP contribution in [0.25, 0.3) is 10.6 Å². The number of aromatic amines is 1. The highest BCUT2D eigenvalue weighted by molar-refractivity contribution is 7.13. The Hall–Kier alpha value is -1.69. The first-order valence-corrected chi connectivity index (χ1v) is 4.18. The van der Waals surface area contributed by atoms with Crippen LogP contribution in [0.15, 0.2) is 5.51 Å². The van der Waals surface area contributed by atoms with Crippen LogP contribution >= 0.6 is 11.3 Å². The van der Waals surface area contributed by atoms with E-state index in [4.69, 9.17) is 5.11 Å². The molecule has 64 valence electrons. The van der Waals surface area contributed by atoms with E-state index in [1.807, 2.05) is 0 Å². The zero-order chi connectivity index (χ0) is 9.26. The first kappa shape index (κ1) is 7.93. The van der Waals surface area contributed by atoms with Crippen LogP contribution in [0.4, 0.5) is 0 Å². The average Bonchev–Trinajstić information content (AvgIpc) is 2.74. The summed E-state index contributed by atoms with van der Waals surface area (Å²) in [5.74, 6) is -1.06. The Morgan fingerprint density at radius 2 is 2.54 bits per heavy atom. The largest absolute Gasteiger partial charge is 0.476 e. The molecule has 2 aromatic rings. The van der Waals surface area contributed by atoms with E-state index in [1.165, 1.54) is 16.8 Å². The average molecular weight is 193 g/mol. The van der Waals surface area contributed by atoms with Crippen molar-refractivity contribution in [3.05, 3.63) is 23.5 Å². The predicted octanol–water partition coefficient (Wildman–Crippen LogP) is 0.832. The number of aromatic nitrogens is 3. The molecule has 0 saturated carbocycles. The number of carbonyl (C=O) groups is 1. The fraction of sp³-hybridized carbons (Fsp3) is 0. The minimum absolute atomic E-state index is 0.00162. The zero-order valence-corrected chi connectivity index (χ0v) is 7.05. The molecular formula is C7H3N3O2S. The molecule has 0 fully saturated rings. The number of carboxylic acid groups (broad SMARTS) is 1. The van der Waals surface area contributed by atoms with Crippen molar-refractivity contribution in [1.82, 2.24) is 15.2 Å². The van der Waals surface area contributed by atoms with Crippen LogP contribution in [0, 0.1) is 12.3 Å². The van der Waals surface area contributed by atoms with Crippen LogP contribution in [-0.2, 0) is 0 Å². The van der Waals surface area contributed by atoms with Gasteiger partial charge in [-0.1, -0.05) is 0 Å². The van der Waals surface area contributed by atoms with Gasteiger partial charge >= 0.3 is 5.97 Å². The van der Waals surface area contributed by atoms with E-state index >= 15 is 0 Å². The fourth-order valence-electron chi connectivity index (χ4n) is 0.873. The second-order valence-electron chi connectivity index (χ2n) is 2.16. The van der Waals surface area contributed by atoms with Gasteiger partial charge < -0.3 is 5.11 Å². The maximum atomic E-state index is 10.7. The summed E-state index contributed by atoms with van der Waals surface area (Å²) >= 11 is 1.21. The lowest BCUT2D eigenvalue weighted by atomic mass is 10.3. The number of aromatic carboxylic acids is 1. The minimum atomic E-state index is -1.06. The molecule has 0 aliphatic rings. The number of nitrogens with zero attached hydrogens (tertiary/aromatic N) is 2. The Morgan fingerprint density at radius 3 is 3.15 bits per heavy atom. The lowest BCUT2D eigenvalue weighted by molar-refractivity contribution is 0.0692. The quantitative estimate of drug-likeness (QED) is 0.740. The number of rotatable bonds is 2. The van der Waals surface area contributed by atoms with Gasteiger partial charge in [0.25, 0.3) is 0 Å². The Kier molecular flexibility index (Phi) is 1.82. The van der Waals surface area contributed by atoms with Crippen molar-refractivity contribution in [3.63, 3.8) is 0 Å². The number of thiazole rings is 1. The molecule has 2 N–H and O–H groups in total. The predicted molar refractivity (Wildman–Crippen MR) is 44.3 cm³/mol. The number of hydrogen-bond donors (Lipinski definition) is 2. The Labute approximate surface area is 77.1 Å². The first-order chi connectivity index (χ1) is 6.29. The van der Waals surface area contributed by atoms with Crippen LogP contribution < -0.4 is 0 Å². The van der Waals surface area contributed by atoms with E-state index in [2.05, 4.69) is 27.4 Å². The van der Waals surface area contributed by atoms with Gasteiger partial charge in [0.2, 0.25) is 0 Å². The Morgan fingerprint density at radius 1 is 1.69 bits per heavy atom. The molecule has 2 aromatic heterocycles. The molecule has 0 atom stereocenters. The molecule has 0 amide bonds. The van der Waals surface area contributed by atoms with E-state index in [1.54, 1.807) is 0 Å². The van der Waals surface area contributed by atoms with Gasteiger partial charge in [-0.3, -0.25) is 5.10 Å². The molecule has 0 aliphatic heterocycles. The van der Waals surface area contributed by atoms with Crippen molar-refractivity contribution >= 4 is 17.3 Å². The summed E-state index contributed by atoms with van der Waals surface area (Å²) in [5.41, 5.74) is 1.89. The summed E-state index contributed by atoms with van der Waals surface area (Å²) < 4.78 is 0. The molecule has 13 heavy (non-hydrogen) atoms. The fourth-order valence-corrected chi connectivity index (χ4v) is 1.60. The summed E-state index contributed by atoms with van der Waals surface area (Å²) in [6, 6.07) is 2.65. The molecule has 0 bridgehead atoms. The molecule has 0 spiro atoms. The summed E-state index contributed by atoms with van der Waals surface area (Å²) in [6.45, 7) is 0. The highest BCUT2D eigenvalue weighted by Crippen LogP contribution is 2.24. The third-order valence-corrected chi connectivity index (χ3v) is 2.22. The Balaban J connectivity index is 2.52. The summed E-state index contributed by atoms with van der Waals surface area (Å²) in [7, 11) is 0. The monoisotopic (exact) mass is 193 g/mol. The lowest BCUT2D eigenvalue weighted by Crippen LogP contribution is -1.98. The molecule has 0 aliphatic carbocycles. The van der Waals surface area contributed by atoms with E-state index in [0.29, 0.717) is 10.6 Å². The molecule has 6 heteroatoms. The standard InChI is InChI=1S/C7H3N3O2S/c11-7(12)5-6(13-3-8-5)4-1-2-9-10-4/h3H,(H,9,10)(H,11,12). The lowest BCUT2D eigenvalue weighted by Gasteiger charge is -1.90. The van der Waals surface area contributed by atoms with E-state index < -0.39 is 5.97 Å².